The Balaban J connectivity index is 2.07. The molecule has 0 saturated carbocycles. The maximum absolute atomic E-state index is 10.1. The standard InChI is InChI=1S/C12H13BrN2O4/c13-12-14-6-3-1-2-4-7(6)15(12)11-10(18)9(17)8(5-16)19-11/h1-4,8-11,16-18H,5H2/t8-,9+,10+,11+/m0/s1. The molecule has 1 fully saturated rings. The first-order valence-electron chi connectivity index (χ1n) is 5.88. The Labute approximate surface area is 117 Å². The molecule has 3 N–H and O–H groups in total. The molecule has 102 valence electrons. The zero-order chi connectivity index (χ0) is 13.6. The van der Waals surface area contributed by atoms with E-state index in [0.29, 0.717) is 4.73 Å². The van der Waals surface area contributed by atoms with Gasteiger partial charge in [-0.15, -0.1) is 0 Å². The fourth-order valence-corrected chi connectivity index (χ4v) is 2.93. The van der Waals surface area contributed by atoms with Gasteiger partial charge in [-0.05, 0) is 28.1 Å². The van der Waals surface area contributed by atoms with Gasteiger partial charge in [0.1, 0.15) is 18.3 Å². The number of nitrogens with zero attached hydrogens (tertiary/aromatic N) is 2. The van der Waals surface area contributed by atoms with Gasteiger partial charge in [0.2, 0.25) is 0 Å². The van der Waals surface area contributed by atoms with Crippen molar-refractivity contribution >= 4 is 27.0 Å². The molecule has 1 aromatic heterocycles. The van der Waals surface area contributed by atoms with Crippen molar-refractivity contribution in [2.24, 2.45) is 0 Å². The number of para-hydroxylation sites is 2. The van der Waals surface area contributed by atoms with Gasteiger partial charge in [0.25, 0.3) is 0 Å². The number of ether oxygens (including phenoxy) is 1. The smallest absolute Gasteiger partial charge is 0.180 e. The number of aliphatic hydroxyl groups excluding tert-OH is 3. The lowest BCUT2D eigenvalue weighted by Gasteiger charge is -2.18. The number of hydrogen-bond acceptors (Lipinski definition) is 5. The van der Waals surface area contributed by atoms with Crippen LogP contribution in [0.2, 0.25) is 0 Å². The van der Waals surface area contributed by atoms with Crippen LogP contribution < -0.4 is 0 Å². The van der Waals surface area contributed by atoms with Crippen molar-refractivity contribution in [1.82, 2.24) is 9.55 Å². The Morgan fingerprint density at radius 3 is 2.68 bits per heavy atom. The topological polar surface area (TPSA) is 87.7 Å². The summed E-state index contributed by atoms with van der Waals surface area (Å²) in [4.78, 5) is 4.31. The summed E-state index contributed by atoms with van der Waals surface area (Å²) in [5.74, 6) is 0. The summed E-state index contributed by atoms with van der Waals surface area (Å²) in [6.45, 7) is -0.348. The van der Waals surface area contributed by atoms with Crippen LogP contribution in [0.4, 0.5) is 0 Å². The predicted molar refractivity (Wildman–Crippen MR) is 70.4 cm³/mol. The van der Waals surface area contributed by atoms with Crippen molar-refractivity contribution in [3.63, 3.8) is 0 Å². The summed E-state index contributed by atoms with van der Waals surface area (Å²) in [7, 11) is 0. The molecule has 2 aromatic rings. The molecular weight excluding hydrogens is 316 g/mol. The fraction of sp³-hybridized carbons (Fsp3) is 0.417. The molecule has 4 atom stereocenters. The SMILES string of the molecule is OC[C@@H]1O[C@@H](n2c(Br)nc3ccccc32)[C@H](O)[C@@H]1O. The highest BCUT2D eigenvalue weighted by molar-refractivity contribution is 9.10. The van der Waals surface area contributed by atoms with Gasteiger partial charge in [-0.1, -0.05) is 12.1 Å². The molecule has 1 aliphatic heterocycles. The Morgan fingerprint density at radius 1 is 1.26 bits per heavy atom. The zero-order valence-corrected chi connectivity index (χ0v) is 11.4. The Bertz CT molecular complexity index is 602. The number of aliphatic hydroxyl groups is 3. The van der Waals surface area contributed by atoms with Crippen LogP contribution >= 0.6 is 15.9 Å². The molecule has 0 bridgehead atoms. The molecule has 19 heavy (non-hydrogen) atoms. The number of rotatable bonds is 2. The van der Waals surface area contributed by atoms with Crippen LogP contribution in [-0.4, -0.2) is 49.8 Å². The van der Waals surface area contributed by atoms with Crippen LogP contribution in [0.1, 0.15) is 6.23 Å². The van der Waals surface area contributed by atoms with Crippen molar-refractivity contribution < 1.29 is 20.1 Å². The summed E-state index contributed by atoms with van der Waals surface area (Å²) in [5, 5.41) is 29.0. The third-order valence-corrected chi connectivity index (χ3v) is 3.88. The van der Waals surface area contributed by atoms with Crippen LogP contribution in [0.25, 0.3) is 11.0 Å². The normalized spacial score (nSPS) is 31.2. The third-order valence-electron chi connectivity index (χ3n) is 3.32. The van der Waals surface area contributed by atoms with Crippen molar-refractivity contribution in [2.45, 2.75) is 24.5 Å². The number of benzene rings is 1. The van der Waals surface area contributed by atoms with Crippen LogP contribution in [0.3, 0.4) is 0 Å². The largest absolute Gasteiger partial charge is 0.394 e. The highest BCUT2D eigenvalue weighted by Crippen LogP contribution is 2.34. The molecule has 3 rings (SSSR count). The fourth-order valence-electron chi connectivity index (χ4n) is 2.35. The lowest BCUT2D eigenvalue weighted by Crippen LogP contribution is -2.33. The number of fused-ring (bicyclic) bond motifs is 1. The summed E-state index contributed by atoms with van der Waals surface area (Å²) in [5.41, 5.74) is 1.54. The average Bonchev–Trinajstić information content (AvgIpc) is 2.88. The zero-order valence-electron chi connectivity index (χ0n) is 9.85. The monoisotopic (exact) mass is 328 g/mol. The molecule has 1 saturated heterocycles. The second-order valence-electron chi connectivity index (χ2n) is 4.47. The van der Waals surface area contributed by atoms with Crippen molar-refractivity contribution in [1.29, 1.82) is 0 Å². The molecule has 2 heterocycles. The lowest BCUT2D eigenvalue weighted by atomic mass is 10.1. The van der Waals surface area contributed by atoms with E-state index in [1.54, 1.807) is 4.57 Å². The van der Waals surface area contributed by atoms with E-state index < -0.39 is 24.5 Å². The lowest BCUT2D eigenvalue weighted by molar-refractivity contribution is -0.0518. The van der Waals surface area contributed by atoms with Gasteiger partial charge in [0.15, 0.2) is 11.0 Å². The Hall–Kier alpha value is -0.990. The summed E-state index contributed by atoms with van der Waals surface area (Å²) >= 11 is 3.33. The van der Waals surface area contributed by atoms with E-state index in [1.807, 2.05) is 24.3 Å². The molecule has 0 amide bonds. The highest BCUT2D eigenvalue weighted by atomic mass is 79.9. The first-order chi connectivity index (χ1) is 9.13. The van der Waals surface area contributed by atoms with Gasteiger partial charge in [-0.25, -0.2) is 4.98 Å². The maximum Gasteiger partial charge on any atom is 0.180 e. The van der Waals surface area contributed by atoms with E-state index in [4.69, 9.17) is 9.84 Å². The molecule has 0 unspecified atom stereocenters. The van der Waals surface area contributed by atoms with Crippen LogP contribution in [-0.2, 0) is 4.74 Å². The minimum Gasteiger partial charge on any atom is -0.394 e. The second-order valence-corrected chi connectivity index (χ2v) is 5.18. The number of aromatic nitrogens is 2. The van der Waals surface area contributed by atoms with Crippen LogP contribution in [0.15, 0.2) is 29.0 Å². The van der Waals surface area contributed by atoms with Crippen molar-refractivity contribution in [2.75, 3.05) is 6.61 Å². The van der Waals surface area contributed by atoms with Gasteiger partial charge < -0.3 is 20.1 Å². The quantitative estimate of drug-likeness (QED) is 0.743. The van der Waals surface area contributed by atoms with Gasteiger partial charge in [0.05, 0.1) is 17.6 Å². The highest BCUT2D eigenvalue weighted by Gasteiger charge is 2.44. The van der Waals surface area contributed by atoms with Crippen molar-refractivity contribution in [3.8, 4) is 0 Å². The average molecular weight is 329 g/mol. The third kappa shape index (κ3) is 1.98. The van der Waals surface area contributed by atoms with Crippen LogP contribution in [0.5, 0.6) is 0 Å². The minimum atomic E-state index is -1.12. The number of hydrogen-bond donors (Lipinski definition) is 3. The Kier molecular flexibility index (Phi) is 3.32. The first kappa shape index (κ1) is 13.0. The van der Waals surface area contributed by atoms with Gasteiger partial charge in [0, 0.05) is 0 Å². The number of halogens is 1. The van der Waals surface area contributed by atoms with Gasteiger partial charge in [-0.3, -0.25) is 4.57 Å². The van der Waals surface area contributed by atoms with E-state index in [9.17, 15) is 10.2 Å². The minimum absolute atomic E-state index is 0.348. The van der Waals surface area contributed by atoms with E-state index in [2.05, 4.69) is 20.9 Å². The first-order valence-corrected chi connectivity index (χ1v) is 6.67. The van der Waals surface area contributed by atoms with E-state index in [-0.39, 0.29) is 6.61 Å². The van der Waals surface area contributed by atoms with E-state index >= 15 is 0 Å². The molecule has 6 nitrogen and oxygen atoms in total. The maximum atomic E-state index is 10.1. The van der Waals surface area contributed by atoms with E-state index in [1.165, 1.54) is 0 Å². The van der Waals surface area contributed by atoms with Crippen LogP contribution in [0, 0.1) is 0 Å². The van der Waals surface area contributed by atoms with Crippen molar-refractivity contribution in [3.05, 3.63) is 29.0 Å². The molecular formula is C12H13BrN2O4. The molecule has 7 heteroatoms. The van der Waals surface area contributed by atoms with Gasteiger partial charge in [-0.2, -0.15) is 0 Å². The second kappa shape index (κ2) is 4.84. The molecule has 1 aromatic carbocycles. The number of imidazole rings is 1. The predicted octanol–water partition coefficient (Wildman–Crippen LogP) is 0.410. The molecule has 0 aliphatic carbocycles. The Morgan fingerprint density at radius 2 is 2.00 bits per heavy atom. The summed E-state index contributed by atoms with van der Waals surface area (Å²) < 4.78 is 7.68. The van der Waals surface area contributed by atoms with Gasteiger partial charge >= 0.3 is 0 Å². The van der Waals surface area contributed by atoms with E-state index in [0.717, 1.165) is 11.0 Å². The summed E-state index contributed by atoms with van der Waals surface area (Å²) in [6.07, 6.45) is -3.82. The molecule has 1 aliphatic rings. The summed E-state index contributed by atoms with van der Waals surface area (Å²) in [6, 6.07) is 7.41. The molecule has 0 spiro atoms. The molecule has 0 radical (unpaired) electrons.